The molecule has 0 saturated carbocycles. The van der Waals surface area contributed by atoms with Crippen molar-refractivity contribution >= 4 is 38.3 Å². The Morgan fingerprint density at radius 2 is 1.96 bits per heavy atom. The Kier molecular flexibility index (Phi) is 5.59. The van der Waals surface area contributed by atoms with Crippen LogP contribution in [-0.4, -0.2) is 34.9 Å². The zero-order valence-electron chi connectivity index (χ0n) is 15.5. The average Bonchev–Trinajstić information content (AvgIpc) is 2.73. The Morgan fingerprint density at radius 3 is 2.75 bits per heavy atom. The van der Waals surface area contributed by atoms with Crippen LogP contribution in [0.25, 0.3) is 10.8 Å². The van der Waals surface area contributed by atoms with Gasteiger partial charge in [0.25, 0.3) is 0 Å². The molecule has 0 aliphatic carbocycles. The number of hydrogen-bond donors (Lipinski definition) is 2. The molecule has 1 aliphatic heterocycles. The number of rotatable bonds is 4. The molecule has 3 aromatic rings. The maximum Gasteiger partial charge on any atom is 0.244 e. The van der Waals surface area contributed by atoms with E-state index in [4.69, 9.17) is 5.73 Å². The quantitative estimate of drug-likeness (QED) is 0.642. The first-order valence-electron chi connectivity index (χ1n) is 9.50. The Hall–Kier alpha value is -2.44. The summed E-state index contributed by atoms with van der Waals surface area (Å²) in [7, 11) is 0. The summed E-state index contributed by atoms with van der Waals surface area (Å²) in [6, 6.07) is 15.7. The van der Waals surface area contributed by atoms with Crippen molar-refractivity contribution in [2.45, 2.75) is 24.9 Å². The number of nitrogens with two attached hydrogens (primary N) is 1. The number of halogens is 1. The normalized spacial score (nSPS) is 16.1. The first-order valence-corrected chi connectivity index (χ1v) is 10.3. The van der Waals surface area contributed by atoms with Gasteiger partial charge in [-0.25, -0.2) is 0 Å². The summed E-state index contributed by atoms with van der Waals surface area (Å²) < 4.78 is 0.933. The largest absolute Gasteiger partial charge is 0.382 e. The number of carbonyl (C=O) groups is 1. The molecule has 1 saturated heterocycles. The molecule has 3 N–H and O–H groups in total. The summed E-state index contributed by atoms with van der Waals surface area (Å²) in [6.07, 6.45) is 5.50. The molecule has 1 amide bonds. The summed E-state index contributed by atoms with van der Waals surface area (Å²) in [4.78, 5) is 18.8. The lowest BCUT2D eigenvalue weighted by atomic mass is 10.0. The van der Waals surface area contributed by atoms with E-state index >= 15 is 0 Å². The van der Waals surface area contributed by atoms with E-state index in [-0.39, 0.29) is 5.91 Å². The summed E-state index contributed by atoms with van der Waals surface area (Å²) in [5, 5.41) is 5.91. The van der Waals surface area contributed by atoms with Crippen LogP contribution in [0.5, 0.6) is 0 Å². The maximum atomic E-state index is 12.8. The summed E-state index contributed by atoms with van der Waals surface area (Å²) in [5.74, 6) is -0.00486. The second-order valence-corrected chi connectivity index (χ2v) is 8.13. The van der Waals surface area contributed by atoms with Gasteiger partial charge < -0.3 is 16.0 Å². The molecule has 1 fully saturated rings. The van der Waals surface area contributed by atoms with Crippen molar-refractivity contribution in [3.63, 3.8) is 0 Å². The van der Waals surface area contributed by atoms with Crippen LogP contribution in [0.3, 0.4) is 0 Å². The number of benzene rings is 2. The van der Waals surface area contributed by atoms with Gasteiger partial charge in [-0.05, 0) is 54.1 Å². The molecule has 144 valence electrons. The van der Waals surface area contributed by atoms with Crippen LogP contribution < -0.4 is 11.1 Å². The predicted octanol–water partition coefficient (Wildman–Crippen LogP) is 4.10. The van der Waals surface area contributed by atoms with E-state index in [2.05, 4.69) is 44.4 Å². The molecular weight excluding hydrogens is 416 g/mol. The minimum absolute atomic E-state index is 0.00486. The SMILES string of the molecule is NC(C(=O)N1CCC(Nc2ccc3cnccc3c2)CC1)c1cccc(Br)c1. The fourth-order valence-electron chi connectivity index (χ4n) is 3.69. The highest BCUT2D eigenvalue weighted by atomic mass is 79.9. The van der Waals surface area contributed by atoms with Gasteiger partial charge in [0.05, 0.1) is 0 Å². The number of aromatic nitrogens is 1. The zero-order chi connectivity index (χ0) is 19.5. The molecule has 1 aromatic heterocycles. The number of carbonyl (C=O) groups excluding carboxylic acids is 1. The van der Waals surface area contributed by atoms with Crippen LogP contribution in [0.15, 0.2) is 65.4 Å². The predicted molar refractivity (Wildman–Crippen MR) is 116 cm³/mol. The molecule has 2 heterocycles. The van der Waals surface area contributed by atoms with Crippen molar-refractivity contribution in [2.75, 3.05) is 18.4 Å². The van der Waals surface area contributed by atoms with E-state index in [9.17, 15) is 4.79 Å². The first-order chi connectivity index (χ1) is 13.6. The molecule has 0 radical (unpaired) electrons. The van der Waals surface area contributed by atoms with Crippen molar-refractivity contribution < 1.29 is 4.79 Å². The van der Waals surface area contributed by atoms with Gasteiger partial charge in [0.15, 0.2) is 0 Å². The zero-order valence-corrected chi connectivity index (χ0v) is 17.1. The molecule has 1 unspecified atom stereocenters. The molecule has 28 heavy (non-hydrogen) atoms. The lowest BCUT2D eigenvalue weighted by molar-refractivity contribution is -0.133. The van der Waals surface area contributed by atoms with E-state index in [1.165, 1.54) is 5.39 Å². The highest BCUT2D eigenvalue weighted by molar-refractivity contribution is 9.10. The van der Waals surface area contributed by atoms with E-state index in [0.717, 1.165) is 47.0 Å². The number of amides is 1. The van der Waals surface area contributed by atoms with Gasteiger partial charge in [0.2, 0.25) is 5.91 Å². The van der Waals surface area contributed by atoms with Gasteiger partial charge in [-0.1, -0.05) is 34.1 Å². The van der Waals surface area contributed by atoms with Crippen molar-refractivity contribution in [3.8, 4) is 0 Å². The molecule has 0 spiro atoms. The molecule has 2 aromatic carbocycles. The molecule has 4 rings (SSSR count). The van der Waals surface area contributed by atoms with Crippen LogP contribution in [0, 0.1) is 0 Å². The van der Waals surface area contributed by atoms with E-state index in [1.54, 1.807) is 0 Å². The van der Waals surface area contributed by atoms with Crippen molar-refractivity contribution in [1.29, 1.82) is 0 Å². The fraction of sp³-hybridized carbons (Fsp3) is 0.273. The summed E-state index contributed by atoms with van der Waals surface area (Å²) >= 11 is 3.44. The first kappa shape index (κ1) is 18.9. The van der Waals surface area contributed by atoms with Gasteiger partial charge in [-0.3, -0.25) is 9.78 Å². The van der Waals surface area contributed by atoms with Crippen LogP contribution in [-0.2, 0) is 4.79 Å². The van der Waals surface area contributed by atoms with Crippen LogP contribution >= 0.6 is 15.9 Å². The van der Waals surface area contributed by atoms with Crippen LogP contribution in [0.1, 0.15) is 24.4 Å². The molecule has 6 heteroatoms. The molecule has 0 bridgehead atoms. The van der Waals surface area contributed by atoms with Crippen molar-refractivity contribution in [3.05, 3.63) is 71.0 Å². The van der Waals surface area contributed by atoms with Gasteiger partial charge in [0.1, 0.15) is 6.04 Å². The fourth-order valence-corrected chi connectivity index (χ4v) is 4.11. The van der Waals surface area contributed by atoms with E-state index in [0.29, 0.717) is 6.04 Å². The highest BCUT2D eigenvalue weighted by Crippen LogP contribution is 2.23. The number of fused-ring (bicyclic) bond motifs is 1. The highest BCUT2D eigenvalue weighted by Gasteiger charge is 2.27. The summed E-state index contributed by atoms with van der Waals surface area (Å²) in [6.45, 7) is 1.44. The van der Waals surface area contributed by atoms with E-state index < -0.39 is 6.04 Å². The van der Waals surface area contributed by atoms with Gasteiger partial charge >= 0.3 is 0 Å². The number of hydrogen-bond acceptors (Lipinski definition) is 4. The third-order valence-corrected chi connectivity index (χ3v) is 5.79. The lowest BCUT2D eigenvalue weighted by Gasteiger charge is -2.34. The smallest absolute Gasteiger partial charge is 0.244 e. The Bertz CT molecular complexity index is 985. The van der Waals surface area contributed by atoms with Gasteiger partial charge in [-0.2, -0.15) is 0 Å². The van der Waals surface area contributed by atoms with Gasteiger partial charge in [-0.15, -0.1) is 0 Å². The number of anilines is 1. The number of likely N-dealkylation sites (tertiary alicyclic amines) is 1. The minimum atomic E-state index is -0.615. The molecular formula is C22H23BrN4O. The number of piperidine rings is 1. The standard InChI is InChI=1S/C22H23BrN4O/c23-18-3-1-2-16(12-18)21(24)22(28)27-10-7-19(8-11-27)26-20-5-4-17-14-25-9-6-15(17)13-20/h1-6,9,12-14,19,21,26H,7-8,10-11,24H2. The number of pyridine rings is 1. The third kappa shape index (κ3) is 4.18. The third-order valence-electron chi connectivity index (χ3n) is 5.29. The minimum Gasteiger partial charge on any atom is -0.382 e. The van der Waals surface area contributed by atoms with Crippen molar-refractivity contribution in [2.24, 2.45) is 5.73 Å². The van der Waals surface area contributed by atoms with Crippen LogP contribution in [0.4, 0.5) is 5.69 Å². The number of nitrogens with one attached hydrogen (secondary N) is 1. The van der Waals surface area contributed by atoms with Gasteiger partial charge in [0, 0.05) is 47.1 Å². The molecule has 1 aliphatic rings. The lowest BCUT2D eigenvalue weighted by Crippen LogP contribution is -2.45. The second-order valence-electron chi connectivity index (χ2n) is 7.21. The number of nitrogens with zero attached hydrogens (tertiary/aromatic N) is 2. The Labute approximate surface area is 173 Å². The average molecular weight is 439 g/mol. The second kappa shape index (κ2) is 8.29. The topological polar surface area (TPSA) is 71.2 Å². The van der Waals surface area contributed by atoms with Crippen molar-refractivity contribution in [1.82, 2.24) is 9.88 Å². The molecule has 5 nitrogen and oxygen atoms in total. The monoisotopic (exact) mass is 438 g/mol. The Balaban J connectivity index is 1.35. The summed E-state index contributed by atoms with van der Waals surface area (Å²) in [5.41, 5.74) is 8.16. The molecule has 1 atom stereocenters. The maximum absolute atomic E-state index is 12.8. The Morgan fingerprint density at radius 1 is 1.14 bits per heavy atom. The van der Waals surface area contributed by atoms with Crippen LogP contribution in [0.2, 0.25) is 0 Å². The van der Waals surface area contributed by atoms with E-state index in [1.807, 2.05) is 47.6 Å².